The number of pyridine rings is 1. The van der Waals surface area contributed by atoms with Gasteiger partial charge in [-0.3, -0.25) is 4.90 Å². The number of unbranched alkanes of at least 4 members (excludes halogenated alkanes) is 1. The Morgan fingerprint density at radius 1 is 1.55 bits per heavy atom. The number of hydrogen-bond donors (Lipinski definition) is 2. The third kappa shape index (κ3) is 3.82. The second kappa shape index (κ2) is 7.35. The summed E-state index contributed by atoms with van der Waals surface area (Å²) in [6.07, 6.45) is -0.0920. The second-order valence-electron chi connectivity index (χ2n) is 5.18. The van der Waals surface area contributed by atoms with Crippen LogP contribution in [-0.4, -0.2) is 47.0 Å². The number of likely N-dealkylation sites (tertiary alicyclic amines) is 1. The van der Waals surface area contributed by atoms with Crippen LogP contribution in [0.5, 0.6) is 5.88 Å². The molecule has 0 aromatic carbocycles. The van der Waals surface area contributed by atoms with Crippen LogP contribution in [0.1, 0.15) is 30.9 Å². The van der Waals surface area contributed by atoms with Gasteiger partial charge < -0.3 is 15.6 Å². The van der Waals surface area contributed by atoms with Crippen LogP contribution < -0.4 is 10.5 Å². The molecule has 2 rings (SSSR count). The van der Waals surface area contributed by atoms with Gasteiger partial charge in [0.15, 0.2) is 0 Å². The molecule has 1 aromatic rings. The normalized spacial score (nSPS) is 21.1. The number of ether oxygens (including phenoxy) is 1. The summed E-state index contributed by atoms with van der Waals surface area (Å²) in [5.74, 6) is -0.472. The molecule has 1 fully saturated rings. The largest absolute Gasteiger partial charge is 0.477 e. The minimum Gasteiger partial charge on any atom is -0.477 e. The number of rotatable bonds is 6. The van der Waals surface area contributed by atoms with E-state index in [1.54, 1.807) is 0 Å². The molecule has 1 aliphatic rings. The van der Waals surface area contributed by atoms with Gasteiger partial charge in [0.05, 0.1) is 25.4 Å². The predicted molar refractivity (Wildman–Crippen MR) is 75.0 cm³/mol. The zero-order valence-corrected chi connectivity index (χ0v) is 12.0. The van der Waals surface area contributed by atoms with E-state index >= 15 is 0 Å². The molecule has 0 bridgehead atoms. The number of halogens is 2. The van der Waals surface area contributed by atoms with E-state index in [0.29, 0.717) is 19.6 Å². The Kier molecular flexibility index (Phi) is 5.48. The van der Waals surface area contributed by atoms with Gasteiger partial charge in [-0.25, -0.2) is 18.6 Å². The summed E-state index contributed by atoms with van der Waals surface area (Å²) in [5.41, 5.74) is 5.65. The fourth-order valence-electron chi connectivity index (χ4n) is 2.51. The average Bonchev–Trinajstić information content (AvgIpc) is 2.87. The minimum atomic E-state index is -1.28. The molecule has 122 valence electrons. The summed E-state index contributed by atoms with van der Waals surface area (Å²) < 4.78 is 32.5. The Hall–Kier alpha value is -1.96. The molecular formula is C14H19F2N3O3. The van der Waals surface area contributed by atoms with E-state index in [0.717, 1.165) is 23.6 Å². The number of amides is 1. The number of hydrogen-bond acceptors (Lipinski definition) is 4. The summed E-state index contributed by atoms with van der Waals surface area (Å²) in [6, 6.07) is 0.365. The molecular weight excluding hydrogens is 296 g/mol. The maximum Gasteiger partial charge on any atom is 0.407 e. The van der Waals surface area contributed by atoms with Crippen molar-refractivity contribution in [2.24, 2.45) is 5.73 Å². The van der Waals surface area contributed by atoms with E-state index in [1.165, 1.54) is 0 Å². The Morgan fingerprint density at radius 3 is 3.00 bits per heavy atom. The first-order chi connectivity index (χ1) is 10.5. The Bertz CT molecular complexity index is 530. The van der Waals surface area contributed by atoms with Crippen LogP contribution in [0, 0.1) is 5.82 Å². The van der Waals surface area contributed by atoms with Crippen molar-refractivity contribution in [1.82, 2.24) is 9.88 Å². The maximum atomic E-state index is 13.6. The van der Waals surface area contributed by atoms with Crippen LogP contribution >= 0.6 is 0 Å². The van der Waals surface area contributed by atoms with Gasteiger partial charge in [-0.05, 0) is 25.5 Å². The van der Waals surface area contributed by atoms with E-state index < -0.39 is 24.1 Å². The third-order valence-electron chi connectivity index (χ3n) is 3.54. The molecule has 6 nitrogen and oxygen atoms in total. The van der Waals surface area contributed by atoms with Crippen molar-refractivity contribution in [1.29, 1.82) is 0 Å². The first-order valence-corrected chi connectivity index (χ1v) is 7.15. The molecule has 1 aromatic heterocycles. The van der Waals surface area contributed by atoms with Crippen LogP contribution in [0.3, 0.4) is 0 Å². The standard InChI is InChI=1S/C14H19F2N3O3/c15-9-5-11(12-6-10(16)8-19(12)14(20)21)13(18-7-9)22-4-2-1-3-17/h5,7,10,12H,1-4,6,8,17H2,(H,20,21)/t10-,12+/m0/s1. The van der Waals surface area contributed by atoms with Gasteiger partial charge in [0.1, 0.15) is 12.0 Å². The first kappa shape index (κ1) is 16.4. The molecule has 1 amide bonds. The number of carbonyl (C=O) groups is 1. The Labute approximate surface area is 126 Å². The van der Waals surface area contributed by atoms with Crippen molar-refractivity contribution >= 4 is 6.09 Å². The highest BCUT2D eigenvalue weighted by molar-refractivity contribution is 5.66. The second-order valence-corrected chi connectivity index (χ2v) is 5.18. The number of aromatic nitrogens is 1. The summed E-state index contributed by atoms with van der Waals surface area (Å²) in [5, 5.41) is 9.16. The van der Waals surface area contributed by atoms with E-state index in [9.17, 15) is 13.6 Å². The van der Waals surface area contributed by atoms with Gasteiger partial charge in [-0.1, -0.05) is 0 Å². The van der Waals surface area contributed by atoms with Gasteiger partial charge in [-0.15, -0.1) is 0 Å². The minimum absolute atomic E-state index is 0.0312. The molecule has 2 heterocycles. The summed E-state index contributed by atoms with van der Waals surface area (Å²) in [6.45, 7) is 0.636. The Morgan fingerprint density at radius 2 is 2.32 bits per heavy atom. The lowest BCUT2D eigenvalue weighted by atomic mass is 10.1. The number of nitrogens with two attached hydrogens (primary N) is 1. The molecule has 8 heteroatoms. The average molecular weight is 315 g/mol. The highest BCUT2D eigenvalue weighted by atomic mass is 19.1. The Balaban J connectivity index is 2.20. The van der Waals surface area contributed by atoms with Crippen LogP contribution in [0.4, 0.5) is 13.6 Å². The van der Waals surface area contributed by atoms with Crippen LogP contribution in [0.2, 0.25) is 0 Å². The van der Waals surface area contributed by atoms with Gasteiger partial charge in [0, 0.05) is 12.0 Å². The van der Waals surface area contributed by atoms with Gasteiger partial charge in [-0.2, -0.15) is 0 Å². The molecule has 1 aliphatic heterocycles. The zero-order chi connectivity index (χ0) is 16.1. The molecule has 22 heavy (non-hydrogen) atoms. The maximum absolute atomic E-state index is 13.6. The van der Waals surface area contributed by atoms with Crippen molar-refractivity contribution in [2.45, 2.75) is 31.5 Å². The van der Waals surface area contributed by atoms with Crippen molar-refractivity contribution < 1.29 is 23.4 Å². The summed E-state index contributed by atoms with van der Waals surface area (Å²) in [7, 11) is 0. The highest BCUT2D eigenvalue weighted by Gasteiger charge is 2.38. The molecule has 0 saturated carbocycles. The van der Waals surface area contributed by atoms with Crippen molar-refractivity contribution in [3.05, 3.63) is 23.6 Å². The van der Waals surface area contributed by atoms with Crippen molar-refractivity contribution in [3.63, 3.8) is 0 Å². The summed E-state index contributed by atoms with van der Waals surface area (Å²) >= 11 is 0. The van der Waals surface area contributed by atoms with Crippen LogP contribution in [-0.2, 0) is 0 Å². The van der Waals surface area contributed by atoms with Crippen molar-refractivity contribution in [2.75, 3.05) is 19.7 Å². The number of carboxylic acid groups (broad SMARTS) is 1. The van der Waals surface area contributed by atoms with E-state index in [-0.39, 0.29) is 24.4 Å². The number of alkyl halides is 1. The van der Waals surface area contributed by atoms with E-state index in [1.807, 2.05) is 0 Å². The first-order valence-electron chi connectivity index (χ1n) is 7.15. The predicted octanol–water partition coefficient (Wildman–Crippen LogP) is 2.10. The van der Waals surface area contributed by atoms with Gasteiger partial charge >= 0.3 is 6.09 Å². The lowest BCUT2D eigenvalue weighted by Crippen LogP contribution is -2.30. The fraction of sp³-hybridized carbons (Fsp3) is 0.571. The quantitative estimate of drug-likeness (QED) is 0.785. The number of nitrogens with zero attached hydrogens (tertiary/aromatic N) is 2. The monoisotopic (exact) mass is 315 g/mol. The molecule has 3 N–H and O–H groups in total. The molecule has 0 spiro atoms. The fourth-order valence-corrected chi connectivity index (χ4v) is 2.51. The smallest absolute Gasteiger partial charge is 0.407 e. The van der Waals surface area contributed by atoms with E-state index in [2.05, 4.69) is 4.98 Å². The highest BCUT2D eigenvalue weighted by Crippen LogP contribution is 2.37. The third-order valence-corrected chi connectivity index (χ3v) is 3.54. The van der Waals surface area contributed by atoms with Crippen LogP contribution in [0.15, 0.2) is 12.3 Å². The summed E-state index contributed by atoms with van der Waals surface area (Å²) in [4.78, 5) is 16.0. The zero-order valence-electron chi connectivity index (χ0n) is 12.0. The molecule has 0 unspecified atom stereocenters. The van der Waals surface area contributed by atoms with Crippen molar-refractivity contribution in [3.8, 4) is 5.88 Å². The SMILES string of the molecule is NCCCCOc1ncc(F)cc1[C@H]1C[C@H](F)CN1C(=O)O. The molecule has 2 atom stereocenters. The van der Waals surface area contributed by atoms with Gasteiger partial charge in [0.25, 0.3) is 0 Å². The van der Waals surface area contributed by atoms with Gasteiger partial charge in [0.2, 0.25) is 5.88 Å². The lowest BCUT2D eigenvalue weighted by molar-refractivity contribution is 0.137. The lowest BCUT2D eigenvalue weighted by Gasteiger charge is -2.23. The molecule has 1 saturated heterocycles. The van der Waals surface area contributed by atoms with Crippen LogP contribution in [0.25, 0.3) is 0 Å². The molecule has 0 aliphatic carbocycles. The topological polar surface area (TPSA) is 88.7 Å². The molecule has 0 radical (unpaired) electrons. The van der Waals surface area contributed by atoms with E-state index in [4.69, 9.17) is 15.6 Å².